The van der Waals surface area contributed by atoms with Gasteiger partial charge in [-0.25, -0.2) is 4.98 Å². The molecule has 106 valence electrons. The number of nitro groups is 1. The highest BCUT2D eigenvalue weighted by atomic mass is 16.6. The molecule has 0 unspecified atom stereocenters. The number of aliphatic hydroxyl groups excluding tert-OH is 1. The summed E-state index contributed by atoms with van der Waals surface area (Å²) in [6.07, 6.45) is 4.94. The Morgan fingerprint density at radius 3 is 2.85 bits per heavy atom. The van der Waals surface area contributed by atoms with Crippen molar-refractivity contribution < 1.29 is 10.0 Å². The topological polar surface area (TPSA) is 103 Å². The van der Waals surface area contributed by atoms with E-state index in [-0.39, 0.29) is 17.9 Å². The molecule has 0 radical (unpaired) electrons. The number of aliphatic hydroxyl groups is 1. The molecule has 1 aromatic heterocycles. The van der Waals surface area contributed by atoms with Gasteiger partial charge in [0.15, 0.2) is 0 Å². The molecule has 1 heterocycles. The van der Waals surface area contributed by atoms with Crippen molar-refractivity contribution in [3.63, 3.8) is 0 Å². The van der Waals surface area contributed by atoms with Crippen LogP contribution in [0, 0.1) is 21.4 Å². The Labute approximate surface area is 116 Å². The number of nitrogens with zero attached hydrogens (tertiary/aromatic N) is 4. The molecule has 0 aliphatic heterocycles. The molecule has 1 N–H and O–H groups in total. The molecule has 1 fully saturated rings. The normalized spacial score (nSPS) is 14.4. The lowest BCUT2D eigenvalue weighted by molar-refractivity contribution is -0.385. The minimum atomic E-state index is -0.557. The molecule has 0 aromatic carbocycles. The average molecular weight is 276 g/mol. The third-order valence-electron chi connectivity index (χ3n) is 3.53. The van der Waals surface area contributed by atoms with Crippen LogP contribution in [-0.2, 0) is 0 Å². The highest BCUT2D eigenvalue weighted by Crippen LogP contribution is 2.31. The smallest absolute Gasteiger partial charge is 0.289 e. The van der Waals surface area contributed by atoms with Gasteiger partial charge in [0.25, 0.3) is 5.69 Å². The standard InChI is InChI=1S/C13H16N4O3/c14-8-10-7-12(17(19)20)9-15-13(10)16(5-2-6-18)11-3-1-4-11/h7,9,11,18H,1-6H2. The Balaban J connectivity index is 2.31. The molecule has 1 aliphatic carbocycles. The van der Waals surface area contributed by atoms with Gasteiger partial charge in [-0.3, -0.25) is 10.1 Å². The summed E-state index contributed by atoms with van der Waals surface area (Å²) in [5.41, 5.74) is 0.0325. The van der Waals surface area contributed by atoms with Gasteiger partial charge in [-0.05, 0) is 25.7 Å². The van der Waals surface area contributed by atoms with Gasteiger partial charge in [-0.2, -0.15) is 5.26 Å². The van der Waals surface area contributed by atoms with E-state index in [1.54, 1.807) is 0 Å². The zero-order valence-corrected chi connectivity index (χ0v) is 11.0. The second kappa shape index (κ2) is 6.30. The van der Waals surface area contributed by atoms with E-state index in [0.29, 0.717) is 24.8 Å². The summed E-state index contributed by atoms with van der Waals surface area (Å²) in [6.45, 7) is 0.665. The van der Waals surface area contributed by atoms with Crippen molar-refractivity contribution in [2.75, 3.05) is 18.1 Å². The van der Waals surface area contributed by atoms with Gasteiger partial charge >= 0.3 is 0 Å². The van der Waals surface area contributed by atoms with Crippen LogP contribution in [0.1, 0.15) is 31.2 Å². The molecule has 0 bridgehead atoms. The van der Waals surface area contributed by atoms with Gasteiger partial charge in [0.05, 0.1) is 4.92 Å². The number of aromatic nitrogens is 1. The number of pyridine rings is 1. The largest absolute Gasteiger partial charge is 0.396 e. The van der Waals surface area contributed by atoms with Gasteiger partial charge in [0.1, 0.15) is 23.6 Å². The average Bonchev–Trinajstić information content (AvgIpc) is 2.40. The second-order valence-electron chi connectivity index (χ2n) is 4.79. The zero-order chi connectivity index (χ0) is 14.5. The van der Waals surface area contributed by atoms with E-state index in [0.717, 1.165) is 19.3 Å². The van der Waals surface area contributed by atoms with Crippen LogP contribution < -0.4 is 4.90 Å². The summed E-state index contributed by atoms with van der Waals surface area (Å²) in [7, 11) is 0. The Morgan fingerprint density at radius 1 is 1.60 bits per heavy atom. The summed E-state index contributed by atoms with van der Waals surface area (Å²) in [4.78, 5) is 16.3. The molecule has 7 nitrogen and oxygen atoms in total. The maximum atomic E-state index is 10.7. The lowest BCUT2D eigenvalue weighted by Gasteiger charge is -2.38. The van der Waals surface area contributed by atoms with Crippen LogP contribution >= 0.6 is 0 Å². The first-order valence-corrected chi connectivity index (χ1v) is 6.59. The van der Waals surface area contributed by atoms with Gasteiger partial charge in [0, 0.05) is 25.3 Å². The molecule has 0 amide bonds. The van der Waals surface area contributed by atoms with E-state index in [4.69, 9.17) is 5.11 Å². The number of hydrogen-bond donors (Lipinski definition) is 1. The molecular weight excluding hydrogens is 260 g/mol. The van der Waals surface area contributed by atoms with E-state index >= 15 is 0 Å². The van der Waals surface area contributed by atoms with E-state index in [2.05, 4.69) is 4.98 Å². The van der Waals surface area contributed by atoms with Crippen LogP contribution in [0.5, 0.6) is 0 Å². The summed E-state index contributed by atoms with van der Waals surface area (Å²) in [5, 5.41) is 28.9. The fourth-order valence-corrected chi connectivity index (χ4v) is 2.26. The van der Waals surface area contributed by atoms with Crippen molar-refractivity contribution in [2.24, 2.45) is 0 Å². The summed E-state index contributed by atoms with van der Waals surface area (Å²) in [5.74, 6) is 0.483. The Kier molecular flexibility index (Phi) is 4.48. The Bertz CT molecular complexity index is 537. The molecule has 1 saturated carbocycles. The maximum Gasteiger partial charge on any atom is 0.289 e. The third-order valence-corrected chi connectivity index (χ3v) is 3.53. The monoisotopic (exact) mass is 276 g/mol. The SMILES string of the molecule is N#Cc1cc([N+](=O)[O-])cnc1N(CCCO)C1CCC1. The van der Waals surface area contributed by atoms with Crippen molar-refractivity contribution in [2.45, 2.75) is 31.7 Å². The first-order valence-electron chi connectivity index (χ1n) is 6.59. The zero-order valence-electron chi connectivity index (χ0n) is 11.0. The molecule has 20 heavy (non-hydrogen) atoms. The highest BCUT2D eigenvalue weighted by molar-refractivity contribution is 5.58. The number of nitriles is 1. The number of rotatable bonds is 6. The fourth-order valence-electron chi connectivity index (χ4n) is 2.26. The Hall–Kier alpha value is -2.20. The van der Waals surface area contributed by atoms with Crippen LogP contribution in [0.25, 0.3) is 0 Å². The summed E-state index contributed by atoms with van der Waals surface area (Å²) < 4.78 is 0. The van der Waals surface area contributed by atoms with Crippen molar-refractivity contribution >= 4 is 11.5 Å². The molecule has 1 aliphatic rings. The molecule has 7 heteroatoms. The van der Waals surface area contributed by atoms with Crippen LogP contribution in [0.4, 0.5) is 11.5 Å². The lowest BCUT2D eigenvalue weighted by atomic mass is 9.91. The third kappa shape index (κ3) is 2.86. The van der Waals surface area contributed by atoms with Crippen molar-refractivity contribution in [3.05, 3.63) is 27.9 Å². The maximum absolute atomic E-state index is 10.7. The highest BCUT2D eigenvalue weighted by Gasteiger charge is 2.28. The minimum Gasteiger partial charge on any atom is -0.396 e. The molecule has 0 spiro atoms. The van der Waals surface area contributed by atoms with Gasteiger partial charge in [0.2, 0.25) is 0 Å². The molecule has 1 aromatic rings. The molecule has 2 rings (SSSR count). The van der Waals surface area contributed by atoms with Gasteiger partial charge in [-0.1, -0.05) is 0 Å². The molecular formula is C13H16N4O3. The van der Waals surface area contributed by atoms with Gasteiger partial charge < -0.3 is 10.0 Å². The van der Waals surface area contributed by atoms with Crippen LogP contribution in [0.15, 0.2) is 12.3 Å². The van der Waals surface area contributed by atoms with Crippen LogP contribution in [0.3, 0.4) is 0 Å². The predicted octanol–water partition coefficient (Wildman–Crippen LogP) is 1.60. The van der Waals surface area contributed by atoms with Gasteiger partial charge in [-0.15, -0.1) is 0 Å². The van der Waals surface area contributed by atoms with E-state index in [1.165, 1.54) is 12.3 Å². The first-order chi connectivity index (χ1) is 9.67. The number of anilines is 1. The molecule has 0 atom stereocenters. The van der Waals surface area contributed by atoms with Crippen molar-refractivity contribution in [1.82, 2.24) is 4.98 Å². The lowest BCUT2D eigenvalue weighted by Crippen LogP contribution is -2.42. The van der Waals surface area contributed by atoms with E-state index in [9.17, 15) is 15.4 Å². The van der Waals surface area contributed by atoms with E-state index in [1.807, 2.05) is 11.0 Å². The summed E-state index contributed by atoms with van der Waals surface area (Å²) >= 11 is 0. The first kappa shape index (κ1) is 14.2. The predicted molar refractivity (Wildman–Crippen MR) is 72.3 cm³/mol. The molecule has 0 saturated heterocycles. The van der Waals surface area contributed by atoms with Crippen LogP contribution in [0.2, 0.25) is 0 Å². The van der Waals surface area contributed by atoms with E-state index < -0.39 is 4.92 Å². The fraction of sp³-hybridized carbons (Fsp3) is 0.538. The second-order valence-corrected chi connectivity index (χ2v) is 4.79. The van der Waals surface area contributed by atoms with Crippen molar-refractivity contribution in [1.29, 1.82) is 5.26 Å². The minimum absolute atomic E-state index is 0.0675. The van der Waals surface area contributed by atoms with Crippen LogP contribution in [-0.4, -0.2) is 34.2 Å². The number of hydrogen-bond acceptors (Lipinski definition) is 6. The quantitative estimate of drug-likeness (QED) is 0.625. The summed E-state index contributed by atoms with van der Waals surface area (Å²) in [6, 6.07) is 3.54. The Morgan fingerprint density at radius 2 is 2.35 bits per heavy atom. The van der Waals surface area contributed by atoms with Crippen molar-refractivity contribution in [3.8, 4) is 6.07 Å².